The molecule has 400 valence electrons. The van der Waals surface area contributed by atoms with Gasteiger partial charge in [-0.3, -0.25) is 0 Å². The van der Waals surface area contributed by atoms with Gasteiger partial charge in [0.05, 0.1) is 27.8 Å². The second-order valence-electron chi connectivity index (χ2n) is 26.7. The predicted octanol–water partition coefficient (Wildman–Crippen LogP) is 18.4. The molecule has 5 heterocycles. The summed E-state index contributed by atoms with van der Waals surface area (Å²) in [4.78, 5) is 10.8. The van der Waals surface area contributed by atoms with E-state index in [-0.39, 0.29) is 34.0 Å². The van der Waals surface area contributed by atoms with Crippen molar-refractivity contribution in [1.82, 2.24) is 0 Å². The number of anilines is 10. The Kier molecular flexibility index (Phi) is 10.3. The number of para-hydroxylation sites is 3. The van der Waals surface area contributed by atoms with E-state index in [1.54, 1.807) is 0 Å². The van der Waals surface area contributed by atoms with Crippen molar-refractivity contribution < 1.29 is 4.42 Å². The van der Waals surface area contributed by atoms with Gasteiger partial charge in [0.2, 0.25) is 0 Å². The molecule has 1 aromatic heterocycles. The lowest BCUT2D eigenvalue weighted by atomic mass is 9.33. The van der Waals surface area contributed by atoms with Crippen LogP contribution in [0, 0.1) is 6.92 Å². The summed E-state index contributed by atoms with van der Waals surface area (Å²) < 4.78 is 6.77. The number of hydrogen-bond donors (Lipinski definition) is 0. The number of hydrogen-bond acceptors (Lipinski definition) is 5. The van der Waals surface area contributed by atoms with Crippen molar-refractivity contribution in [2.75, 3.05) is 19.6 Å². The Labute approximate surface area is 478 Å². The lowest BCUT2D eigenvalue weighted by molar-refractivity contribution is 0.195. The maximum Gasteiger partial charge on any atom is 0.252 e. The highest BCUT2D eigenvalue weighted by Crippen LogP contribution is 2.63. The molecule has 4 atom stereocenters. The molecule has 6 aliphatic rings. The van der Waals surface area contributed by atoms with Crippen LogP contribution in [0.3, 0.4) is 0 Å². The minimum atomic E-state index is -0.0995. The zero-order chi connectivity index (χ0) is 55.0. The van der Waals surface area contributed by atoms with E-state index in [9.17, 15) is 0 Å². The summed E-state index contributed by atoms with van der Waals surface area (Å²) in [5.41, 5.74) is 25.9. The van der Waals surface area contributed by atoms with Gasteiger partial charge in [-0.15, -0.1) is 0 Å². The van der Waals surface area contributed by atoms with Crippen LogP contribution < -0.4 is 36.0 Å². The van der Waals surface area contributed by atoms with Gasteiger partial charge < -0.3 is 24.0 Å². The van der Waals surface area contributed by atoms with Crippen molar-refractivity contribution in [3.8, 4) is 11.1 Å². The highest BCUT2D eigenvalue weighted by molar-refractivity contribution is 7.00. The van der Waals surface area contributed by atoms with Gasteiger partial charge in [0, 0.05) is 67.3 Å². The molecule has 5 nitrogen and oxygen atoms in total. The number of rotatable bonds is 5. The van der Waals surface area contributed by atoms with E-state index in [0.29, 0.717) is 0 Å². The van der Waals surface area contributed by atoms with Crippen LogP contribution in [0.15, 0.2) is 192 Å². The molecule has 6 heteroatoms. The summed E-state index contributed by atoms with van der Waals surface area (Å²) in [5.74, 6) is 0. The molecule has 0 radical (unpaired) electrons. The molecule has 4 aliphatic heterocycles. The average molecular weight is 1060 g/mol. The Bertz CT molecular complexity index is 4270. The molecule has 4 unspecified atom stereocenters. The van der Waals surface area contributed by atoms with Gasteiger partial charge in [-0.1, -0.05) is 169 Å². The van der Waals surface area contributed by atoms with Gasteiger partial charge in [0.25, 0.3) is 6.71 Å². The maximum absolute atomic E-state index is 6.77. The smallest absolute Gasteiger partial charge is 0.252 e. The van der Waals surface area contributed by atoms with Crippen LogP contribution in [0.1, 0.15) is 122 Å². The topological polar surface area (TPSA) is 26.1 Å². The molecular weight excluding hydrogens is 984 g/mol. The van der Waals surface area contributed by atoms with E-state index in [1.165, 1.54) is 139 Å². The van der Waals surface area contributed by atoms with E-state index >= 15 is 0 Å². The zero-order valence-corrected chi connectivity index (χ0v) is 48.3. The number of furan rings is 1. The first-order valence-corrected chi connectivity index (χ1v) is 30.1. The lowest BCUT2D eigenvalue weighted by Crippen LogP contribution is -2.61. The molecule has 0 spiro atoms. The second kappa shape index (κ2) is 17.0. The fourth-order valence-corrected chi connectivity index (χ4v) is 17.1. The summed E-state index contributed by atoms with van der Waals surface area (Å²) in [6.45, 7) is 19.5. The molecule has 0 N–H and O–H groups in total. The van der Waals surface area contributed by atoms with Crippen LogP contribution in [-0.2, 0) is 16.2 Å². The number of nitrogens with zero attached hydrogens (tertiary/aromatic N) is 4. The molecule has 0 bridgehead atoms. The molecule has 2 saturated carbocycles. The van der Waals surface area contributed by atoms with E-state index < -0.39 is 0 Å². The van der Waals surface area contributed by atoms with Crippen LogP contribution >= 0.6 is 0 Å². The van der Waals surface area contributed by atoms with Gasteiger partial charge in [-0.25, -0.2) is 0 Å². The van der Waals surface area contributed by atoms with Crippen LogP contribution in [-0.4, -0.2) is 17.8 Å². The first kappa shape index (κ1) is 48.9. The molecular formula is C75H71BN4O. The van der Waals surface area contributed by atoms with Crippen molar-refractivity contribution in [3.05, 3.63) is 210 Å². The van der Waals surface area contributed by atoms with E-state index in [4.69, 9.17) is 4.42 Å². The minimum Gasteiger partial charge on any atom is -0.456 e. The summed E-state index contributed by atoms with van der Waals surface area (Å²) in [5, 5.41) is 2.26. The van der Waals surface area contributed by atoms with Crippen molar-refractivity contribution in [2.24, 2.45) is 0 Å². The molecule has 0 saturated heterocycles. The highest BCUT2D eigenvalue weighted by atomic mass is 16.3. The zero-order valence-electron chi connectivity index (χ0n) is 48.3. The summed E-state index contributed by atoms with van der Waals surface area (Å²) >= 11 is 0. The largest absolute Gasteiger partial charge is 0.456 e. The Balaban J connectivity index is 1.00. The van der Waals surface area contributed by atoms with E-state index in [1.807, 2.05) is 0 Å². The Hall–Kier alpha value is -7.96. The Morgan fingerprint density at radius 3 is 1.57 bits per heavy atom. The average Bonchev–Trinajstić information content (AvgIpc) is 3.25. The molecule has 10 aromatic rings. The SMILES string of the molecule is Cc1cc2c3c(c1)N(c1cccc4oc5ccccc5c14)c1cc(N4c5ccccc5C5(C)CCCCC45C)ccc1B3c1ccc(N3c4ccccc4C4(C)CCCCC34C)cc1N2c1ccc(C(C)(C)C)cc1-c1ccccc1. The summed E-state index contributed by atoms with van der Waals surface area (Å²) in [7, 11) is 0. The Morgan fingerprint density at radius 2 is 0.963 bits per heavy atom. The number of benzene rings is 9. The monoisotopic (exact) mass is 1050 g/mol. The van der Waals surface area contributed by atoms with E-state index in [2.05, 4.69) is 263 Å². The van der Waals surface area contributed by atoms with Gasteiger partial charge in [-0.05, 0) is 175 Å². The normalized spacial score (nSPS) is 23.2. The third-order valence-corrected chi connectivity index (χ3v) is 21.5. The lowest BCUT2D eigenvalue weighted by Gasteiger charge is -2.51. The number of aryl methyl sites for hydroxylation is 1. The second-order valence-corrected chi connectivity index (χ2v) is 26.7. The fourth-order valence-electron chi connectivity index (χ4n) is 17.1. The van der Waals surface area contributed by atoms with Crippen molar-refractivity contribution >= 4 is 102 Å². The van der Waals surface area contributed by atoms with Crippen LogP contribution in [0.25, 0.3) is 33.1 Å². The quantitative estimate of drug-likeness (QED) is 0.160. The van der Waals surface area contributed by atoms with Gasteiger partial charge in [0.1, 0.15) is 11.2 Å². The number of fused-ring (bicyclic) bond motifs is 13. The van der Waals surface area contributed by atoms with Crippen molar-refractivity contribution in [3.63, 3.8) is 0 Å². The molecule has 81 heavy (non-hydrogen) atoms. The third kappa shape index (κ3) is 6.56. The summed E-state index contributed by atoms with van der Waals surface area (Å²) in [6.07, 6.45) is 9.61. The maximum atomic E-state index is 6.77. The van der Waals surface area contributed by atoms with Gasteiger partial charge >= 0.3 is 0 Å². The summed E-state index contributed by atoms with van der Waals surface area (Å²) in [6, 6.07) is 72.6. The minimum absolute atomic E-state index is 0.0203. The fraction of sp³-hybridized carbons (Fsp3) is 0.280. The van der Waals surface area contributed by atoms with Crippen LogP contribution in [0.2, 0.25) is 0 Å². The van der Waals surface area contributed by atoms with Gasteiger partial charge in [-0.2, -0.15) is 0 Å². The predicted molar refractivity (Wildman–Crippen MR) is 342 cm³/mol. The standard InChI is InChI=1S/C75H71BN4O/c1-48-43-65-70-66(44-48)78(62-30-22-32-68-69(62)53-25-12-17-31-67(53)81-68)64-47-52(80-61-29-16-14-27-56(61)73(6)40-19-21-42-75(73,80)8)35-37-58(64)76(70)57-36-34-51(79-60-28-15-13-26-55(60)72(5)39-18-20-41-74(72,79)7)46-63(57)77(65)59-38-33-50(71(2,3)4)45-54(59)49-23-10-9-11-24-49/h9-17,22-38,43-47H,18-21,39-42H2,1-8H3. The Morgan fingerprint density at radius 1 is 0.444 bits per heavy atom. The molecule has 16 rings (SSSR count). The van der Waals surface area contributed by atoms with E-state index in [0.717, 1.165) is 40.5 Å². The molecule has 2 fully saturated rings. The third-order valence-electron chi connectivity index (χ3n) is 21.5. The molecule has 9 aromatic carbocycles. The van der Waals surface area contributed by atoms with Crippen molar-refractivity contribution in [2.45, 2.75) is 134 Å². The molecule has 0 amide bonds. The highest BCUT2D eigenvalue weighted by Gasteiger charge is 2.59. The van der Waals surface area contributed by atoms with Crippen LogP contribution in [0.4, 0.5) is 56.9 Å². The van der Waals surface area contributed by atoms with Crippen LogP contribution in [0.5, 0.6) is 0 Å². The van der Waals surface area contributed by atoms with Gasteiger partial charge in [0.15, 0.2) is 0 Å². The van der Waals surface area contributed by atoms with Crippen molar-refractivity contribution in [1.29, 1.82) is 0 Å². The first-order chi connectivity index (χ1) is 39.2. The molecule has 2 aliphatic carbocycles. The first-order valence-electron chi connectivity index (χ1n) is 30.1.